The van der Waals surface area contributed by atoms with Gasteiger partial charge in [-0.05, 0) is 86.6 Å². The van der Waals surface area contributed by atoms with E-state index < -0.39 is 0 Å². The molecule has 0 fully saturated rings. The molecule has 3 aromatic carbocycles. The summed E-state index contributed by atoms with van der Waals surface area (Å²) in [6.45, 7) is 8.00. The van der Waals surface area contributed by atoms with Gasteiger partial charge in [-0.1, -0.05) is 60.8 Å². The summed E-state index contributed by atoms with van der Waals surface area (Å²) in [4.78, 5) is 3.61. The average molecular weight is 453 g/mol. The molecule has 3 rings (SSSR count). The molecule has 0 amide bonds. The maximum absolute atomic E-state index is 6.02. The van der Waals surface area contributed by atoms with E-state index in [9.17, 15) is 0 Å². The van der Waals surface area contributed by atoms with Crippen molar-refractivity contribution >= 4 is 45.7 Å². The van der Waals surface area contributed by atoms with Crippen LogP contribution >= 0.6 is 34.8 Å². The van der Waals surface area contributed by atoms with Crippen LogP contribution in [0.5, 0.6) is 0 Å². The second-order valence-electron chi connectivity index (χ2n) is 5.33. The zero-order valence-corrected chi connectivity index (χ0v) is 19.7. The van der Waals surface area contributed by atoms with Crippen LogP contribution < -0.4 is 0 Å². The highest BCUT2D eigenvalue weighted by Crippen LogP contribution is 2.33. The molecular weight excluding hydrogens is 427 g/mol. The lowest BCUT2D eigenvalue weighted by Crippen LogP contribution is -2.04. The average Bonchev–Trinajstić information content (AvgIpc) is 2.74. The third kappa shape index (κ3) is 7.93. The van der Waals surface area contributed by atoms with Gasteiger partial charge in [0.15, 0.2) is 14.7 Å². The van der Waals surface area contributed by atoms with E-state index >= 15 is 0 Å². The van der Waals surface area contributed by atoms with E-state index in [-0.39, 0.29) is 10.9 Å². The van der Waals surface area contributed by atoms with Crippen LogP contribution in [0.4, 0.5) is 0 Å². The minimum Gasteiger partial charge on any atom is -0.0919 e. The summed E-state index contributed by atoms with van der Waals surface area (Å²) in [6, 6.07) is 23.9. The number of allylic oxidation sites excluding steroid dienone is 2. The molecule has 0 bridgehead atoms. The fraction of sp³-hybridized carbons (Fsp3) is 0.167. The summed E-state index contributed by atoms with van der Waals surface area (Å²) in [5.74, 6) is 0. The topological polar surface area (TPSA) is 0 Å². The molecule has 0 radical (unpaired) electrons. The highest BCUT2D eigenvalue weighted by atomic mass is 35.5. The molecule has 0 saturated heterocycles. The van der Waals surface area contributed by atoms with Crippen LogP contribution in [0.2, 0.25) is 15.1 Å². The first kappa shape index (κ1) is 24.7. The fourth-order valence-electron chi connectivity index (χ4n) is 2.12. The van der Waals surface area contributed by atoms with Crippen LogP contribution in [0.15, 0.2) is 99.6 Å². The van der Waals surface area contributed by atoms with E-state index in [0.717, 1.165) is 15.1 Å². The molecule has 0 unspecified atom stereocenters. The largest absolute Gasteiger partial charge is 0.166 e. The van der Waals surface area contributed by atoms with Gasteiger partial charge in [0.05, 0.1) is 10.9 Å². The highest BCUT2D eigenvalue weighted by molar-refractivity contribution is 7.97. The second-order valence-corrected chi connectivity index (χ2v) is 8.67. The summed E-state index contributed by atoms with van der Waals surface area (Å²) in [5, 5.41) is 2.21. The van der Waals surface area contributed by atoms with Gasteiger partial charge in [-0.25, -0.2) is 0 Å². The van der Waals surface area contributed by atoms with Crippen LogP contribution in [0.1, 0.15) is 27.7 Å². The summed E-state index contributed by atoms with van der Waals surface area (Å²) >= 11 is 18.1. The number of hydrogen-bond donors (Lipinski definition) is 0. The van der Waals surface area contributed by atoms with E-state index in [1.807, 2.05) is 76.2 Å². The third-order valence-corrected chi connectivity index (χ3v) is 6.47. The molecule has 4 heteroatoms. The minimum absolute atomic E-state index is 0.215. The molecule has 0 spiro atoms. The standard InChI is InChI=1S/C18H12Cl3S.C4H8.C2H6/c19-13-1-7-16(8-2-13)22(17-9-3-14(20)4-10-17)18-11-5-15(21)6-12-18;1-3-4-2;1-2/h1-12H;3-4H,1-2H3;1-2H3/q+1;;/b;4-3-;. The van der Waals surface area contributed by atoms with Crippen LogP contribution in [0.3, 0.4) is 0 Å². The van der Waals surface area contributed by atoms with Crippen molar-refractivity contribution in [1.82, 2.24) is 0 Å². The zero-order chi connectivity index (χ0) is 20.9. The first-order valence-corrected chi connectivity index (χ1v) is 11.5. The van der Waals surface area contributed by atoms with E-state index in [1.54, 1.807) is 0 Å². The Morgan fingerprint density at radius 1 is 0.500 bits per heavy atom. The molecule has 0 aliphatic rings. The van der Waals surface area contributed by atoms with Gasteiger partial charge in [-0.3, -0.25) is 0 Å². The predicted molar refractivity (Wildman–Crippen MR) is 128 cm³/mol. The van der Waals surface area contributed by atoms with Crippen LogP contribution in [-0.4, -0.2) is 0 Å². The number of rotatable bonds is 3. The predicted octanol–water partition coefficient (Wildman–Crippen LogP) is 9.35. The van der Waals surface area contributed by atoms with Gasteiger partial charge in [0, 0.05) is 15.1 Å². The molecule has 0 aromatic heterocycles. The Bertz CT molecular complexity index is 711. The molecule has 0 aliphatic carbocycles. The number of hydrogen-bond acceptors (Lipinski definition) is 0. The summed E-state index contributed by atoms with van der Waals surface area (Å²) in [7, 11) is -0.215. The molecule has 0 N–H and O–H groups in total. The van der Waals surface area contributed by atoms with Crippen LogP contribution in [0, 0.1) is 0 Å². The van der Waals surface area contributed by atoms with Crippen molar-refractivity contribution in [3.8, 4) is 0 Å². The lowest BCUT2D eigenvalue weighted by atomic mass is 10.3. The first-order chi connectivity index (χ1) is 13.5. The van der Waals surface area contributed by atoms with Crippen LogP contribution in [-0.2, 0) is 10.9 Å². The number of benzene rings is 3. The summed E-state index contributed by atoms with van der Waals surface area (Å²) < 4.78 is 0. The van der Waals surface area contributed by atoms with E-state index in [1.165, 1.54) is 14.7 Å². The molecular formula is C24H26Cl3S+. The Balaban J connectivity index is 0.000000583. The molecule has 0 heterocycles. The first-order valence-electron chi connectivity index (χ1n) is 9.13. The Kier molecular flexibility index (Phi) is 12.1. The monoisotopic (exact) mass is 451 g/mol. The maximum Gasteiger partial charge on any atom is 0.166 e. The van der Waals surface area contributed by atoms with Gasteiger partial charge in [-0.15, -0.1) is 0 Å². The quantitative estimate of drug-likeness (QED) is 0.274. The second kappa shape index (κ2) is 13.7. The highest BCUT2D eigenvalue weighted by Gasteiger charge is 2.28. The van der Waals surface area contributed by atoms with Crippen molar-refractivity contribution in [1.29, 1.82) is 0 Å². The van der Waals surface area contributed by atoms with Gasteiger partial charge in [0.2, 0.25) is 0 Å². The summed E-state index contributed by atoms with van der Waals surface area (Å²) in [5.41, 5.74) is 0. The van der Waals surface area contributed by atoms with Crippen molar-refractivity contribution in [3.05, 3.63) is 100 Å². The van der Waals surface area contributed by atoms with Crippen molar-refractivity contribution in [2.45, 2.75) is 42.4 Å². The summed E-state index contributed by atoms with van der Waals surface area (Å²) in [6.07, 6.45) is 4.00. The molecule has 148 valence electrons. The van der Waals surface area contributed by atoms with Crippen molar-refractivity contribution in [3.63, 3.8) is 0 Å². The molecule has 0 atom stereocenters. The smallest absolute Gasteiger partial charge is 0.0919 e. The van der Waals surface area contributed by atoms with Crippen molar-refractivity contribution in [2.24, 2.45) is 0 Å². The van der Waals surface area contributed by atoms with E-state index in [2.05, 4.69) is 36.4 Å². The van der Waals surface area contributed by atoms with Gasteiger partial charge in [0.25, 0.3) is 0 Å². The normalized spacial score (nSPS) is 10.1. The molecule has 0 aliphatic heterocycles. The van der Waals surface area contributed by atoms with E-state index in [4.69, 9.17) is 34.8 Å². The maximum atomic E-state index is 6.02. The van der Waals surface area contributed by atoms with Gasteiger partial charge in [0.1, 0.15) is 0 Å². The lowest BCUT2D eigenvalue weighted by Gasteiger charge is -2.08. The van der Waals surface area contributed by atoms with Gasteiger partial charge < -0.3 is 0 Å². The fourth-order valence-corrected chi connectivity index (χ4v) is 4.54. The minimum atomic E-state index is -0.215. The molecule has 0 saturated carbocycles. The van der Waals surface area contributed by atoms with Gasteiger partial charge >= 0.3 is 0 Å². The Labute approximate surface area is 187 Å². The SMILES string of the molecule is C/C=C\C.CC.Clc1ccc([S+](c2ccc(Cl)cc2)c2ccc(Cl)cc2)cc1. The molecule has 28 heavy (non-hydrogen) atoms. The Morgan fingerprint density at radius 3 is 0.893 bits per heavy atom. The number of halogens is 3. The van der Waals surface area contributed by atoms with Gasteiger partial charge in [-0.2, -0.15) is 0 Å². The molecule has 3 aromatic rings. The Hall–Kier alpha value is -1.38. The van der Waals surface area contributed by atoms with E-state index in [0.29, 0.717) is 0 Å². The van der Waals surface area contributed by atoms with Crippen molar-refractivity contribution in [2.75, 3.05) is 0 Å². The lowest BCUT2D eigenvalue weighted by molar-refractivity contribution is 1.32. The molecule has 0 nitrogen and oxygen atoms in total. The Morgan fingerprint density at radius 2 is 0.714 bits per heavy atom. The third-order valence-electron chi connectivity index (χ3n) is 3.48. The zero-order valence-electron chi connectivity index (χ0n) is 16.6. The van der Waals surface area contributed by atoms with Crippen molar-refractivity contribution < 1.29 is 0 Å². The van der Waals surface area contributed by atoms with Crippen LogP contribution in [0.25, 0.3) is 0 Å².